The van der Waals surface area contributed by atoms with Gasteiger partial charge in [0.15, 0.2) is 0 Å². The lowest BCUT2D eigenvalue weighted by molar-refractivity contribution is 0.0981. The van der Waals surface area contributed by atoms with Crippen molar-refractivity contribution in [1.82, 2.24) is 9.80 Å². The van der Waals surface area contributed by atoms with E-state index in [9.17, 15) is 5.26 Å². The number of nitrogens with zero attached hydrogens (tertiary/aromatic N) is 3. The molecule has 5 heteroatoms. The minimum Gasteiger partial charge on any atom is -0.494 e. The van der Waals surface area contributed by atoms with Gasteiger partial charge in [-0.2, -0.15) is 5.26 Å². The summed E-state index contributed by atoms with van der Waals surface area (Å²) >= 11 is 0. The lowest BCUT2D eigenvalue weighted by Crippen LogP contribution is -2.48. The van der Waals surface area contributed by atoms with E-state index in [1.165, 1.54) is 0 Å². The van der Waals surface area contributed by atoms with Crippen molar-refractivity contribution in [1.29, 1.82) is 5.26 Å². The molecule has 0 saturated carbocycles. The minimum absolute atomic E-state index is 0.193. The van der Waals surface area contributed by atoms with Crippen molar-refractivity contribution in [2.24, 2.45) is 0 Å². The molecular formula is C16H23N3O2. The van der Waals surface area contributed by atoms with Crippen LogP contribution in [-0.4, -0.2) is 60.8 Å². The topological polar surface area (TPSA) is 59.7 Å². The van der Waals surface area contributed by atoms with Crippen LogP contribution in [0.25, 0.3) is 0 Å². The van der Waals surface area contributed by atoms with Gasteiger partial charge in [0.2, 0.25) is 0 Å². The highest BCUT2D eigenvalue weighted by Crippen LogP contribution is 2.25. The first kappa shape index (κ1) is 15.8. The van der Waals surface area contributed by atoms with Crippen LogP contribution in [0.2, 0.25) is 0 Å². The van der Waals surface area contributed by atoms with E-state index >= 15 is 0 Å². The van der Waals surface area contributed by atoms with Gasteiger partial charge in [-0.15, -0.1) is 0 Å². The summed E-state index contributed by atoms with van der Waals surface area (Å²) in [7, 11) is 0. The van der Waals surface area contributed by atoms with Crippen LogP contribution < -0.4 is 4.74 Å². The molecule has 114 valence electrons. The largest absolute Gasteiger partial charge is 0.494 e. The van der Waals surface area contributed by atoms with Crippen LogP contribution in [0, 0.1) is 11.3 Å². The van der Waals surface area contributed by atoms with Gasteiger partial charge < -0.3 is 9.84 Å². The number of β-amino-alcohol motifs (C(OH)–C–C–N with tert-alkyl or cyclic N) is 1. The minimum atomic E-state index is -0.235. The van der Waals surface area contributed by atoms with E-state index < -0.39 is 0 Å². The van der Waals surface area contributed by atoms with Crippen LogP contribution in [0.3, 0.4) is 0 Å². The molecule has 1 unspecified atom stereocenters. The Hall–Kier alpha value is -1.61. The first-order valence-electron chi connectivity index (χ1n) is 7.48. The number of benzene rings is 1. The highest BCUT2D eigenvalue weighted by atomic mass is 16.5. The van der Waals surface area contributed by atoms with Gasteiger partial charge in [0.25, 0.3) is 0 Å². The van der Waals surface area contributed by atoms with Gasteiger partial charge in [0.1, 0.15) is 11.8 Å². The summed E-state index contributed by atoms with van der Waals surface area (Å²) in [5, 5.41) is 18.5. The van der Waals surface area contributed by atoms with Crippen molar-refractivity contribution in [2.45, 2.75) is 13.0 Å². The smallest absolute Gasteiger partial charge is 0.124 e. The quantitative estimate of drug-likeness (QED) is 0.854. The molecule has 1 aromatic rings. The van der Waals surface area contributed by atoms with Crippen LogP contribution in [0.5, 0.6) is 5.75 Å². The SMILES string of the molecule is CCOc1cccc(C(C#N)N2CCN(CCO)CC2)c1. The van der Waals surface area contributed by atoms with Crippen LogP contribution in [0.4, 0.5) is 0 Å². The Balaban J connectivity index is 2.03. The number of rotatable bonds is 6. The summed E-state index contributed by atoms with van der Waals surface area (Å²) in [5.74, 6) is 0.814. The Morgan fingerprint density at radius 1 is 1.33 bits per heavy atom. The van der Waals surface area contributed by atoms with Gasteiger partial charge in [0, 0.05) is 32.7 Å². The van der Waals surface area contributed by atoms with Gasteiger partial charge in [-0.1, -0.05) is 12.1 Å². The number of hydrogen-bond donors (Lipinski definition) is 1. The normalized spacial score (nSPS) is 18.1. The van der Waals surface area contributed by atoms with Crippen molar-refractivity contribution in [3.05, 3.63) is 29.8 Å². The second-order valence-electron chi connectivity index (χ2n) is 5.14. The van der Waals surface area contributed by atoms with Crippen molar-refractivity contribution < 1.29 is 9.84 Å². The summed E-state index contributed by atoms with van der Waals surface area (Å²) < 4.78 is 5.51. The molecule has 5 nitrogen and oxygen atoms in total. The number of hydrogen-bond acceptors (Lipinski definition) is 5. The first-order valence-corrected chi connectivity index (χ1v) is 7.48. The third-order valence-corrected chi connectivity index (χ3v) is 3.80. The highest BCUT2D eigenvalue weighted by Gasteiger charge is 2.24. The molecule has 1 aliphatic heterocycles. The standard InChI is InChI=1S/C16H23N3O2/c1-2-21-15-5-3-4-14(12-15)16(13-17)19-8-6-18(7-9-19)10-11-20/h3-5,12,16,20H,2,6-11H2,1H3. The van der Waals surface area contributed by atoms with Gasteiger partial charge in [-0.25, -0.2) is 0 Å². The van der Waals surface area contributed by atoms with Gasteiger partial charge in [0.05, 0.1) is 19.3 Å². The maximum atomic E-state index is 9.54. The zero-order valence-corrected chi connectivity index (χ0v) is 12.5. The average Bonchev–Trinajstić information content (AvgIpc) is 2.51. The van der Waals surface area contributed by atoms with E-state index in [1.807, 2.05) is 31.2 Å². The Kier molecular flexibility index (Phi) is 6.00. The zero-order chi connectivity index (χ0) is 15.1. The predicted octanol–water partition coefficient (Wildman–Crippen LogP) is 1.26. The maximum Gasteiger partial charge on any atom is 0.124 e. The van der Waals surface area contributed by atoms with E-state index in [0.717, 1.165) is 37.5 Å². The summed E-state index contributed by atoms with van der Waals surface area (Å²) in [6, 6.07) is 9.97. The third kappa shape index (κ3) is 4.18. The Morgan fingerprint density at radius 2 is 2.10 bits per heavy atom. The monoisotopic (exact) mass is 289 g/mol. The van der Waals surface area contributed by atoms with E-state index in [-0.39, 0.29) is 12.6 Å². The lowest BCUT2D eigenvalue weighted by atomic mass is 10.1. The van der Waals surface area contributed by atoms with E-state index in [4.69, 9.17) is 9.84 Å². The van der Waals surface area contributed by atoms with Gasteiger partial charge >= 0.3 is 0 Å². The second-order valence-corrected chi connectivity index (χ2v) is 5.14. The van der Waals surface area contributed by atoms with Crippen molar-refractivity contribution in [3.63, 3.8) is 0 Å². The molecule has 21 heavy (non-hydrogen) atoms. The number of nitriles is 1. The first-order chi connectivity index (χ1) is 10.3. The third-order valence-electron chi connectivity index (χ3n) is 3.80. The molecule has 0 aromatic heterocycles. The Labute approximate surface area is 126 Å². The molecule has 0 radical (unpaired) electrons. The molecule has 1 aromatic carbocycles. The lowest BCUT2D eigenvalue weighted by Gasteiger charge is -2.36. The van der Waals surface area contributed by atoms with Crippen molar-refractivity contribution in [2.75, 3.05) is 45.9 Å². The van der Waals surface area contributed by atoms with Gasteiger partial charge in [-0.3, -0.25) is 9.80 Å². The van der Waals surface area contributed by atoms with Crippen LogP contribution in [-0.2, 0) is 0 Å². The molecule has 1 heterocycles. The predicted molar refractivity (Wildman–Crippen MR) is 81.1 cm³/mol. The summed E-state index contributed by atoms with van der Waals surface area (Å²) in [6.07, 6.45) is 0. The molecule has 2 rings (SSSR count). The molecule has 1 fully saturated rings. The fraction of sp³-hybridized carbons (Fsp3) is 0.562. The number of aliphatic hydroxyl groups is 1. The van der Waals surface area contributed by atoms with E-state index in [0.29, 0.717) is 13.2 Å². The maximum absolute atomic E-state index is 9.54. The molecule has 0 spiro atoms. The van der Waals surface area contributed by atoms with Gasteiger partial charge in [-0.05, 0) is 24.6 Å². The highest BCUT2D eigenvalue weighted by molar-refractivity contribution is 5.33. The van der Waals surface area contributed by atoms with E-state index in [1.54, 1.807) is 0 Å². The average molecular weight is 289 g/mol. The Bertz CT molecular complexity index is 479. The summed E-state index contributed by atoms with van der Waals surface area (Å²) in [5.41, 5.74) is 0.985. The summed E-state index contributed by atoms with van der Waals surface area (Å²) in [4.78, 5) is 4.42. The van der Waals surface area contributed by atoms with E-state index in [2.05, 4.69) is 15.9 Å². The van der Waals surface area contributed by atoms with Crippen LogP contribution in [0.1, 0.15) is 18.5 Å². The number of aliphatic hydroxyl groups excluding tert-OH is 1. The van der Waals surface area contributed by atoms with Crippen molar-refractivity contribution >= 4 is 0 Å². The molecule has 1 aliphatic rings. The van der Waals surface area contributed by atoms with Crippen LogP contribution >= 0.6 is 0 Å². The Morgan fingerprint density at radius 3 is 2.71 bits per heavy atom. The number of ether oxygens (including phenoxy) is 1. The molecule has 1 saturated heterocycles. The zero-order valence-electron chi connectivity index (χ0n) is 12.5. The molecule has 0 bridgehead atoms. The summed E-state index contributed by atoms with van der Waals surface area (Å²) in [6.45, 7) is 6.96. The molecule has 1 N–H and O–H groups in total. The molecule has 0 amide bonds. The fourth-order valence-electron chi connectivity index (χ4n) is 2.69. The second kappa shape index (κ2) is 7.99. The number of piperazine rings is 1. The van der Waals surface area contributed by atoms with Crippen LogP contribution in [0.15, 0.2) is 24.3 Å². The molecule has 1 atom stereocenters. The molecular weight excluding hydrogens is 266 g/mol. The molecule has 0 aliphatic carbocycles. The van der Waals surface area contributed by atoms with Crippen molar-refractivity contribution in [3.8, 4) is 11.8 Å². The fourth-order valence-corrected chi connectivity index (χ4v) is 2.69.